The van der Waals surface area contributed by atoms with Gasteiger partial charge in [0.25, 0.3) is 0 Å². The van der Waals surface area contributed by atoms with Gasteiger partial charge in [0.15, 0.2) is 0 Å². The molecule has 0 unspecified atom stereocenters. The van der Waals surface area contributed by atoms with Crippen LogP contribution in [0.25, 0.3) is 16.9 Å². The van der Waals surface area contributed by atoms with Crippen LogP contribution in [0.2, 0.25) is 10.0 Å². The second-order valence-corrected chi connectivity index (χ2v) is 5.11. The van der Waals surface area contributed by atoms with E-state index in [0.717, 1.165) is 11.2 Å². The molecule has 3 aromatic rings. The second kappa shape index (κ2) is 4.89. The van der Waals surface area contributed by atoms with E-state index < -0.39 is 0 Å². The number of hydrogen-bond donors (Lipinski definition) is 1. The minimum Gasteiger partial charge on any atom is -0.495 e. The number of hydrogen-bond acceptors (Lipinski definition) is 3. The first-order valence-corrected chi connectivity index (χ1v) is 6.62. The highest BCUT2D eigenvalue weighted by atomic mass is 35.5. The Balaban J connectivity index is 2.19. The van der Waals surface area contributed by atoms with E-state index in [1.165, 1.54) is 0 Å². The molecule has 2 N–H and O–H groups in total. The van der Waals surface area contributed by atoms with Gasteiger partial charge in [-0.3, -0.25) is 4.40 Å². The maximum absolute atomic E-state index is 6.13. The van der Waals surface area contributed by atoms with Gasteiger partial charge in [0, 0.05) is 11.8 Å². The molecule has 102 valence electrons. The van der Waals surface area contributed by atoms with Crippen molar-refractivity contribution in [2.75, 3.05) is 12.8 Å². The topological polar surface area (TPSA) is 52.5 Å². The highest BCUT2D eigenvalue weighted by Crippen LogP contribution is 2.33. The molecule has 0 saturated carbocycles. The Morgan fingerprint density at radius 2 is 2.00 bits per heavy atom. The number of nitrogen functional groups attached to an aromatic ring is 1. The van der Waals surface area contributed by atoms with Gasteiger partial charge in [-0.05, 0) is 30.3 Å². The first-order valence-electron chi connectivity index (χ1n) is 5.87. The normalized spacial score (nSPS) is 10.9. The molecule has 0 bridgehead atoms. The third kappa shape index (κ3) is 2.07. The monoisotopic (exact) mass is 307 g/mol. The van der Waals surface area contributed by atoms with Crippen molar-refractivity contribution >= 4 is 34.7 Å². The number of pyridine rings is 1. The van der Waals surface area contributed by atoms with Crippen LogP contribution in [0.15, 0.2) is 36.5 Å². The molecule has 1 aromatic carbocycles. The highest BCUT2D eigenvalue weighted by Gasteiger charge is 2.13. The molecule has 4 nitrogen and oxygen atoms in total. The Bertz CT molecular complexity index is 798. The predicted octanol–water partition coefficient (Wildman–Crippen LogP) is 3.90. The summed E-state index contributed by atoms with van der Waals surface area (Å²) in [4.78, 5) is 4.50. The van der Waals surface area contributed by atoms with Crippen LogP contribution in [0.3, 0.4) is 0 Å². The summed E-state index contributed by atoms with van der Waals surface area (Å²) < 4.78 is 6.88. The minimum absolute atomic E-state index is 0.513. The molecule has 0 fully saturated rings. The number of anilines is 1. The van der Waals surface area contributed by atoms with Crippen LogP contribution >= 0.6 is 23.2 Å². The highest BCUT2D eigenvalue weighted by molar-refractivity contribution is 6.32. The molecule has 0 spiro atoms. The maximum atomic E-state index is 6.13. The third-order valence-electron chi connectivity index (χ3n) is 3.04. The molecular formula is C14H11Cl2N3O. The number of imidazole rings is 1. The number of rotatable bonds is 2. The standard InChI is InChI=1S/C14H11Cl2N3O/c1-20-11-4-2-8(6-10(11)16)13-14(17)19-7-9(15)3-5-12(19)18-13/h2-7H,17H2,1H3. The molecular weight excluding hydrogens is 297 g/mol. The molecule has 3 rings (SSSR count). The zero-order chi connectivity index (χ0) is 14.3. The Kier molecular flexibility index (Phi) is 3.20. The summed E-state index contributed by atoms with van der Waals surface area (Å²) in [5.74, 6) is 1.13. The first kappa shape index (κ1) is 13.1. The molecule has 0 atom stereocenters. The van der Waals surface area contributed by atoms with Crippen molar-refractivity contribution in [3.8, 4) is 17.0 Å². The van der Waals surface area contributed by atoms with Crippen LogP contribution in [0.1, 0.15) is 0 Å². The van der Waals surface area contributed by atoms with Gasteiger partial charge in [0.2, 0.25) is 0 Å². The zero-order valence-electron chi connectivity index (χ0n) is 10.6. The lowest BCUT2D eigenvalue weighted by atomic mass is 10.1. The van der Waals surface area contributed by atoms with Gasteiger partial charge in [-0.2, -0.15) is 0 Å². The van der Waals surface area contributed by atoms with Crippen LogP contribution in [-0.2, 0) is 0 Å². The average Bonchev–Trinajstić information content (AvgIpc) is 2.76. The summed E-state index contributed by atoms with van der Waals surface area (Å²) >= 11 is 12.1. The first-order chi connectivity index (χ1) is 9.60. The molecule has 0 aliphatic carbocycles. The summed E-state index contributed by atoms with van der Waals surface area (Å²) in [5, 5.41) is 1.11. The number of aromatic nitrogens is 2. The number of nitrogens with zero attached hydrogens (tertiary/aromatic N) is 2. The molecule has 0 saturated heterocycles. The number of ether oxygens (including phenoxy) is 1. The lowest BCUT2D eigenvalue weighted by Gasteiger charge is -2.05. The lowest BCUT2D eigenvalue weighted by molar-refractivity contribution is 0.415. The zero-order valence-corrected chi connectivity index (χ0v) is 12.1. The Morgan fingerprint density at radius 1 is 1.20 bits per heavy atom. The molecule has 2 aromatic heterocycles. The van der Waals surface area contributed by atoms with E-state index in [-0.39, 0.29) is 0 Å². The van der Waals surface area contributed by atoms with Crippen LogP contribution < -0.4 is 10.5 Å². The summed E-state index contributed by atoms with van der Waals surface area (Å²) in [5.41, 5.74) is 8.35. The number of halogens is 2. The van der Waals surface area contributed by atoms with Gasteiger partial charge in [-0.1, -0.05) is 23.2 Å². The Morgan fingerprint density at radius 3 is 2.70 bits per heavy atom. The van der Waals surface area contributed by atoms with E-state index >= 15 is 0 Å². The van der Waals surface area contributed by atoms with Gasteiger partial charge >= 0.3 is 0 Å². The number of fused-ring (bicyclic) bond motifs is 1. The molecule has 0 aliphatic heterocycles. The summed E-state index contributed by atoms with van der Waals surface area (Å²) in [6, 6.07) is 9.01. The molecule has 6 heteroatoms. The van der Waals surface area contributed by atoms with E-state index in [0.29, 0.717) is 27.3 Å². The van der Waals surface area contributed by atoms with Crippen molar-refractivity contribution < 1.29 is 4.74 Å². The van der Waals surface area contributed by atoms with Gasteiger partial charge in [0.1, 0.15) is 22.9 Å². The summed E-state index contributed by atoms with van der Waals surface area (Å²) in [6.07, 6.45) is 1.73. The summed E-state index contributed by atoms with van der Waals surface area (Å²) in [6.45, 7) is 0. The van der Waals surface area contributed by atoms with Gasteiger partial charge in [-0.25, -0.2) is 4.98 Å². The average molecular weight is 308 g/mol. The fraction of sp³-hybridized carbons (Fsp3) is 0.0714. The molecule has 20 heavy (non-hydrogen) atoms. The molecule has 2 heterocycles. The third-order valence-corrected chi connectivity index (χ3v) is 3.56. The summed E-state index contributed by atoms with van der Waals surface area (Å²) in [7, 11) is 1.57. The van der Waals surface area contributed by atoms with Crippen LogP contribution in [0.4, 0.5) is 5.82 Å². The van der Waals surface area contributed by atoms with Crippen molar-refractivity contribution in [2.24, 2.45) is 0 Å². The number of nitrogens with two attached hydrogens (primary N) is 1. The lowest BCUT2D eigenvalue weighted by Crippen LogP contribution is -1.94. The van der Waals surface area contributed by atoms with Gasteiger partial charge < -0.3 is 10.5 Å². The van der Waals surface area contributed by atoms with Crippen molar-refractivity contribution in [3.63, 3.8) is 0 Å². The van der Waals surface area contributed by atoms with Crippen LogP contribution in [-0.4, -0.2) is 16.5 Å². The van der Waals surface area contributed by atoms with E-state index in [9.17, 15) is 0 Å². The fourth-order valence-corrected chi connectivity index (χ4v) is 2.48. The fourth-order valence-electron chi connectivity index (χ4n) is 2.06. The number of benzene rings is 1. The van der Waals surface area contributed by atoms with Crippen molar-refractivity contribution in [2.45, 2.75) is 0 Å². The smallest absolute Gasteiger partial charge is 0.139 e. The second-order valence-electron chi connectivity index (χ2n) is 4.27. The van der Waals surface area contributed by atoms with E-state index in [1.54, 1.807) is 35.9 Å². The quantitative estimate of drug-likeness (QED) is 0.781. The molecule has 0 radical (unpaired) electrons. The minimum atomic E-state index is 0.513. The van der Waals surface area contributed by atoms with Crippen molar-refractivity contribution in [1.82, 2.24) is 9.38 Å². The van der Waals surface area contributed by atoms with Gasteiger partial charge in [0.05, 0.1) is 17.2 Å². The molecule has 0 amide bonds. The Labute approximate surface area is 125 Å². The van der Waals surface area contributed by atoms with E-state index in [2.05, 4.69) is 4.98 Å². The molecule has 0 aliphatic rings. The maximum Gasteiger partial charge on any atom is 0.139 e. The SMILES string of the molecule is COc1ccc(-c2nc3ccc(Cl)cn3c2N)cc1Cl. The van der Waals surface area contributed by atoms with Crippen molar-refractivity contribution in [1.29, 1.82) is 0 Å². The van der Waals surface area contributed by atoms with E-state index in [1.807, 2.05) is 12.1 Å². The van der Waals surface area contributed by atoms with E-state index in [4.69, 9.17) is 33.7 Å². The largest absolute Gasteiger partial charge is 0.495 e. The Hall–Kier alpha value is -1.91. The van der Waals surface area contributed by atoms with Crippen LogP contribution in [0, 0.1) is 0 Å². The predicted molar refractivity (Wildman–Crippen MR) is 81.6 cm³/mol. The van der Waals surface area contributed by atoms with Crippen molar-refractivity contribution in [3.05, 3.63) is 46.6 Å². The van der Waals surface area contributed by atoms with Crippen LogP contribution in [0.5, 0.6) is 5.75 Å². The van der Waals surface area contributed by atoms with Gasteiger partial charge in [-0.15, -0.1) is 0 Å². The number of methoxy groups -OCH3 is 1.